The summed E-state index contributed by atoms with van der Waals surface area (Å²) in [6, 6.07) is 24.4. The zero-order valence-corrected chi connectivity index (χ0v) is 12.8. The monoisotopic (exact) mass is 300 g/mol. The van der Waals surface area contributed by atoms with Gasteiger partial charge >= 0.3 is 0 Å². The van der Waals surface area contributed by atoms with E-state index in [9.17, 15) is 0 Å². The van der Waals surface area contributed by atoms with Crippen molar-refractivity contribution in [3.63, 3.8) is 0 Å². The van der Waals surface area contributed by atoms with Crippen molar-refractivity contribution in [2.24, 2.45) is 0 Å². The second-order valence-corrected chi connectivity index (χ2v) is 5.40. The predicted octanol–water partition coefficient (Wildman–Crippen LogP) is 5.20. The maximum atomic E-state index is 5.91. The second-order valence-electron chi connectivity index (χ2n) is 5.40. The number of nitrogens with one attached hydrogen (secondary N) is 1. The summed E-state index contributed by atoms with van der Waals surface area (Å²) in [6.45, 7) is 0. The third-order valence-corrected chi connectivity index (χ3v) is 3.89. The topological polar surface area (TPSA) is 38.1 Å². The molecule has 0 aliphatic heterocycles. The van der Waals surface area contributed by atoms with Gasteiger partial charge in [-0.25, -0.2) is 4.98 Å². The van der Waals surface area contributed by atoms with Crippen LogP contribution in [0.1, 0.15) is 0 Å². The average molecular weight is 300 g/mol. The molecule has 0 radical (unpaired) electrons. The fourth-order valence-corrected chi connectivity index (χ4v) is 2.67. The zero-order chi connectivity index (χ0) is 15.6. The summed E-state index contributed by atoms with van der Waals surface area (Å²) in [4.78, 5) is 4.65. The van der Waals surface area contributed by atoms with Crippen molar-refractivity contribution >= 4 is 16.8 Å². The second kappa shape index (κ2) is 5.61. The number of aromatic nitrogens is 1. The summed E-state index contributed by atoms with van der Waals surface area (Å²) >= 11 is 0. The first-order chi connectivity index (χ1) is 11.3. The van der Waals surface area contributed by atoms with Crippen LogP contribution < -0.4 is 5.32 Å². The fourth-order valence-electron chi connectivity index (χ4n) is 2.67. The molecule has 0 saturated carbocycles. The predicted molar refractivity (Wildman–Crippen MR) is 94.4 cm³/mol. The summed E-state index contributed by atoms with van der Waals surface area (Å²) in [5.74, 6) is 0.641. The summed E-state index contributed by atoms with van der Waals surface area (Å²) < 4.78 is 5.91. The molecule has 4 rings (SSSR count). The highest BCUT2D eigenvalue weighted by molar-refractivity contribution is 5.82. The van der Waals surface area contributed by atoms with Gasteiger partial charge in [0.15, 0.2) is 5.58 Å². The number of rotatable bonds is 3. The van der Waals surface area contributed by atoms with Crippen molar-refractivity contribution in [2.75, 3.05) is 12.4 Å². The molecule has 112 valence electrons. The number of oxazole rings is 1. The molecule has 0 bridgehead atoms. The van der Waals surface area contributed by atoms with E-state index < -0.39 is 0 Å². The molecule has 0 atom stereocenters. The molecule has 0 unspecified atom stereocenters. The number of hydrogen-bond acceptors (Lipinski definition) is 3. The summed E-state index contributed by atoms with van der Waals surface area (Å²) in [5.41, 5.74) is 5.99. The lowest BCUT2D eigenvalue weighted by Crippen LogP contribution is -1.87. The van der Waals surface area contributed by atoms with E-state index in [-0.39, 0.29) is 0 Å². The smallest absolute Gasteiger partial charge is 0.227 e. The first-order valence-corrected chi connectivity index (χ1v) is 7.58. The van der Waals surface area contributed by atoms with Gasteiger partial charge in [0.2, 0.25) is 5.89 Å². The van der Waals surface area contributed by atoms with Crippen LogP contribution in [-0.4, -0.2) is 12.0 Å². The standard InChI is InChI=1S/C20H16N2O/c1-21-17-9-5-8-16(12-17)20-22-18-13-15(10-11-19(18)23-20)14-6-3-2-4-7-14/h2-13,21H,1H3. The molecule has 3 nitrogen and oxygen atoms in total. The van der Waals surface area contributed by atoms with Gasteiger partial charge in [-0.3, -0.25) is 0 Å². The molecule has 0 aliphatic rings. The fraction of sp³-hybridized carbons (Fsp3) is 0.0500. The quantitative estimate of drug-likeness (QED) is 0.565. The Bertz CT molecular complexity index is 958. The minimum atomic E-state index is 0.641. The minimum Gasteiger partial charge on any atom is -0.436 e. The molecule has 1 N–H and O–H groups in total. The zero-order valence-electron chi connectivity index (χ0n) is 12.8. The van der Waals surface area contributed by atoms with Gasteiger partial charge in [0, 0.05) is 18.3 Å². The molecule has 0 aliphatic carbocycles. The molecular weight excluding hydrogens is 284 g/mol. The molecule has 1 aromatic heterocycles. The number of benzene rings is 3. The van der Waals surface area contributed by atoms with E-state index in [1.54, 1.807) is 0 Å². The van der Waals surface area contributed by atoms with E-state index in [1.807, 2.05) is 55.6 Å². The molecular formula is C20H16N2O. The third-order valence-electron chi connectivity index (χ3n) is 3.89. The van der Waals surface area contributed by atoms with Crippen molar-refractivity contribution in [2.45, 2.75) is 0 Å². The Kier molecular flexibility index (Phi) is 3.31. The van der Waals surface area contributed by atoms with Crippen molar-refractivity contribution in [3.8, 4) is 22.6 Å². The van der Waals surface area contributed by atoms with E-state index in [4.69, 9.17) is 4.42 Å². The van der Waals surface area contributed by atoms with Crippen LogP contribution in [0.4, 0.5) is 5.69 Å². The van der Waals surface area contributed by atoms with Crippen LogP contribution in [0.2, 0.25) is 0 Å². The summed E-state index contributed by atoms with van der Waals surface area (Å²) in [7, 11) is 1.90. The number of hydrogen-bond donors (Lipinski definition) is 1. The van der Waals surface area contributed by atoms with E-state index in [2.05, 4.69) is 34.6 Å². The lowest BCUT2D eigenvalue weighted by atomic mass is 10.1. The van der Waals surface area contributed by atoms with Crippen LogP contribution in [0.25, 0.3) is 33.7 Å². The van der Waals surface area contributed by atoms with Gasteiger partial charge < -0.3 is 9.73 Å². The summed E-state index contributed by atoms with van der Waals surface area (Å²) in [5, 5.41) is 3.13. The maximum Gasteiger partial charge on any atom is 0.227 e. The minimum absolute atomic E-state index is 0.641. The molecule has 0 fully saturated rings. The van der Waals surface area contributed by atoms with Gasteiger partial charge in [-0.2, -0.15) is 0 Å². The van der Waals surface area contributed by atoms with Crippen molar-refractivity contribution in [1.82, 2.24) is 4.98 Å². The number of fused-ring (bicyclic) bond motifs is 1. The highest BCUT2D eigenvalue weighted by Gasteiger charge is 2.09. The van der Waals surface area contributed by atoms with Crippen molar-refractivity contribution < 1.29 is 4.42 Å². The average Bonchev–Trinajstić information content (AvgIpc) is 3.06. The van der Waals surface area contributed by atoms with Crippen LogP contribution in [0.5, 0.6) is 0 Å². The lowest BCUT2D eigenvalue weighted by molar-refractivity contribution is 0.620. The molecule has 3 aromatic carbocycles. The van der Waals surface area contributed by atoms with Crippen molar-refractivity contribution in [1.29, 1.82) is 0 Å². The molecule has 23 heavy (non-hydrogen) atoms. The molecule has 0 saturated heterocycles. The Morgan fingerprint density at radius 1 is 0.783 bits per heavy atom. The van der Waals surface area contributed by atoms with E-state index in [0.717, 1.165) is 27.9 Å². The Labute approximate surface area is 134 Å². The molecule has 3 heteroatoms. The molecule has 1 heterocycles. The first kappa shape index (κ1) is 13.6. The SMILES string of the molecule is CNc1cccc(-c2nc3cc(-c4ccccc4)ccc3o2)c1. The maximum absolute atomic E-state index is 5.91. The highest BCUT2D eigenvalue weighted by Crippen LogP contribution is 2.29. The van der Waals surface area contributed by atoms with Crippen LogP contribution in [-0.2, 0) is 0 Å². The van der Waals surface area contributed by atoms with E-state index in [0.29, 0.717) is 5.89 Å². The normalized spacial score (nSPS) is 10.8. The third kappa shape index (κ3) is 2.57. The number of anilines is 1. The van der Waals surface area contributed by atoms with Crippen LogP contribution >= 0.6 is 0 Å². The highest BCUT2D eigenvalue weighted by atomic mass is 16.3. The number of nitrogens with zero attached hydrogens (tertiary/aromatic N) is 1. The Morgan fingerprint density at radius 3 is 2.43 bits per heavy atom. The summed E-state index contributed by atoms with van der Waals surface area (Å²) in [6.07, 6.45) is 0. The van der Waals surface area contributed by atoms with E-state index >= 15 is 0 Å². The Hall–Kier alpha value is -3.07. The van der Waals surface area contributed by atoms with Gasteiger partial charge in [0.25, 0.3) is 0 Å². The largest absolute Gasteiger partial charge is 0.436 e. The van der Waals surface area contributed by atoms with Crippen molar-refractivity contribution in [3.05, 3.63) is 72.8 Å². The Balaban J connectivity index is 1.79. The van der Waals surface area contributed by atoms with Crippen LogP contribution in [0.15, 0.2) is 77.2 Å². The lowest BCUT2D eigenvalue weighted by Gasteiger charge is -2.00. The Morgan fingerprint density at radius 2 is 1.61 bits per heavy atom. The van der Waals surface area contributed by atoms with Gasteiger partial charge in [-0.15, -0.1) is 0 Å². The van der Waals surface area contributed by atoms with Gasteiger partial charge in [0.05, 0.1) is 0 Å². The molecule has 0 spiro atoms. The van der Waals surface area contributed by atoms with E-state index in [1.165, 1.54) is 5.56 Å². The van der Waals surface area contributed by atoms with Gasteiger partial charge in [-0.05, 0) is 41.5 Å². The molecule has 4 aromatic rings. The first-order valence-electron chi connectivity index (χ1n) is 7.58. The van der Waals surface area contributed by atoms with Crippen LogP contribution in [0.3, 0.4) is 0 Å². The van der Waals surface area contributed by atoms with Gasteiger partial charge in [-0.1, -0.05) is 42.5 Å². The molecule has 0 amide bonds. The van der Waals surface area contributed by atoms with Gasteiger partial charge in [0.1, 0.15) is 5.52 Å². The van der Waals surface area contributed by atoms with Crippen LogP contribution in [0, 0.1) is 0 Å².